The van der Waals surface area contributed by atoms with Crippen LogP contribution in [0.5, 0.6) is 5.75 Å². The molecule has 2 aliphatic rings. The Kier molecular flexibility index (Phi) is 3.04. The zero-order chi connectivity index (χ0) is 12.6. The van der Waals surface area contributed by atoms with Crippen LogP contribution in [0.2, 0.25) is 0 Å². The van der Waals surface area contributed by atoms with Gasteiger partial charge in [0, 0.05) is 25.6 Å². The summed E-state index contributed by atoms with van der Waals surface area (Å²) in [5.74, 6) is 0.885. The van der Waals surface area contributed by atoms with Gasteiger partial charge in [-0.1, -0.05) is 18.2 Å². The molecule has 1 N–H and O–H groups in total. The minimum atomic E-state index is -0.572. The fourth-order valence-corrected chi connectivity index (χ4v) is 2.99. The Balaban J connectivity index is 1.71. The number of hydrogen-bond acceptors (Lipinski definition) is 3. The molecule has 0 radical (unpaired) electrons. The third-order valence-corrected chi connectivity index (χ3v) is 4.14. The van der Waals surface area contributed by atoms with Crippen LogP contribution in [0.15, 0.2) is 24.3 Å². The molecule has 98 valence electrons. The summed E-state index contributed by atoms with van der Waals surface area (Å²) in [7, 11) is 1.69. The number of aliphatic hydroxyl groups is 1. The second-order valence-electron chi connectivity index (χ2n) is 5.66. The van der Waals surface area contributed by atoms with E-state index in [1.807, 2.05) is 18.2 Å². The Bertz CT molecular complexity index is 430. The number of nitrogens with zero attached hydrogens (tertiary/aromatic N) is 1. The summed E-state index contributed by atoms with van der Waals surface area (Å²) in [6.07, 6.45) is 4.19. The SMILES string of the molecule is COc1ccccc1CC1(O)CCN(C2CC2)C1. The van der Waals surface area contributed by atoms with Crippen LogP contribution in [0.25, 0.3) is 0 Å². The van der Waals surface area contributed by atoms with E-state index in [1.165, 1.54) is 12.8 Å². The average molecular weight is 247 g/mol. The first-order chi connectivity index (χ1) is 8.70. The zero-order valence-electron chi connectivity index (χ0n) is 10.9. The molecule has 1 aromatic carbocycles. The summed E-state index contributed by atoms with van der Waals surface area (Å²) in [5.41, 5.74) is 0.539. The van der Waals surface area contributed by atoms with Crippen molar-refractivity contribution >= 4 is 0 Å². The Morgan fingerprint density at radius 2 is 2.17 bits per heavy atom. The number of likely N-dealkylation sites (tertiary alicyclic amines) is 1. The molecule has 0 spiro atoms. The first-order valence-electron chi connectivity index (χ1n) is 6.78. The van der Waals surface area contributed by atoms with E-state index in [1.54, 1.807) is 7.11 Å². The fourth-order valence-electron chi connectivity index (χ4n) is 2.99. The van der Waals surface area contributed by atoms with Crippen molar-refractivity contribution in [2.45, 2.75) is 37.3 Å². The second-order valence-corrected chi connectivity index (χ2v) is 5.66. The van der Waals surface area contributed by atoms with Crippen LogP contribution in [0.4, 0.5) is 0 Å². The van der Waals surface area contributed by atoms with Gasteiger partial charge >= 0.3 is 0 Å². The average Bonchev–Trinajstić information content (AvgIpc) is 3.14. The zero-order valence-corrected chi connectivity index (χ0v) is 10.9. The number of rotatable bonds is 4. The number of benzene rings is 1. The van der Waals surface area contributed by atoms with Crippen molar-refractivity contribution in [2.24, 2.45) is 0 Å². The summed E-state index contributed by atoms with van der Waals surface area (Å²) in [5, 5.41) is 10.7. The van der Waals surface area contributed by atoms with Crippen LogP contribution in [-0.2, 0) is 6.42 Å². The standard InChI is InChI=1S/C15H21NO2/c1-18-14-5-3-2-4-12(14)10-15(17)8-9-16(11-15)13-6-7-13/h2-5,13,17H,6-11H2,1H3. The Morgan fingerprint density at radius 1 is 1.39 bits per heavy atom. The van der Waals surface area contributed by atoms with E-state index in [2.05, 4.69) is 11.0 Å². The van der Waals surface area contributed by atoms with Gasteiger partial charge in [-0.3, -0.25) is 4.90 Å². The lowest BCUT2D eigenvalue weighted by molar-refractivity contribution is 0.0481. The molecule has 1 unspecified atom stereocenters. The molecule has 1 aliphatic carbocycles. The molecule has 3 rings (SSSR count). The third kappa shape index (κ3) is 2.38. The molecule has 0 aromatic heterocycles. The van der Waals surface area contributed by atoms with Gasteiger partial charge in [0.05, 0.1) is 12.7 Å². The maximum absolute atomic E-state index is 10.7. The van der Waals surface area contributed by atoms with Gasteiger partial charge in [-0.15, -0.1) is 0 Å². The van der Waals surface area contributed by atoms with Crippen molar-refractivity contribution in [3.63, 3.8) is 0 Å². The minimum absolute atomic E-state index is 0.572. The van der Waals surface area contributed by atoms with E-state index in [0.717, 1.165) is 36.9 Å². The Labute approximate surface area is 108 Å². The highest BCUT2D eigenvalue weighted by molar-refractivity contribution is 5.34. The molecular weight excluding hydrogens is 226 g/mol. The van der Waals surface area contributed by atoms with Crippen molar-refractivity contribution in [2.75, 3.05) is 20.2 Å². The molecule has 0 amide bonds. The second kappa shape index (κ2) is 4.56. The van der Waals surface area contributed by atoms with Crippen LogP contribution < -0.4 is 4.74 Å². The molecule has 2 fully saturated rings. The Morgan fingerprint density at radius 3 is 2.89 bits per heavy atom. The monoisotopic (exact) mass is 247 g/mol. The lowest BCUT2D eigenvalue weighted by Gasteiger charge is -2.24. The number of para-hydroxylation sites is 1. The van der Waals surface area contributed by atoms with E-state index in [4.69, 9.17) is 4.74 Å². The lowest BCUT2D eigenvalue weighted by Crippen LogP contribution is -2.36. The third-order valence-electron chi connectivity index (χ3n) is 4.14. The van der Waals surface area contributed by atoms with Crippen LogP contribution >= 0.6 is 0 Å². The van der Waals surface area contributed by atoms with Gasteiger partial charge in [-0.05, 0) is 30.9 Å². The molecule has 1 aliphatic heterocycles. The number of hydrogen-bond donors (Lipinski definition) is 1. The van der Waals surface area contributed by atoms with Crippen LogP contribution in [-0.4, -0.2) is 41.8 Å². The number of methoxy groups -OCH3 is 1. The normalized spacial score (nSPS) is 28.6. The van der Waals surface area contributed by atoms with E-state index < -0.39 is 5.60 Å². The lowest BCUT2D eigenvalue weighted by atomic mass is 9.93. The first kappa shape index (κ1) is 12.0. The van der Waals surface area contributed by atoms with E-state index in [9.17, 15) is 5.11 Å². The molecule has 3 heteroatoms. The van der Waals surface area contributed by atoms with E-state index in [-0.39, 0.29) is 0 Å². The van der Waals surface area contributed by atoms with Crippen molar-refractivity contribution in [1.29, 1.82) is 0 Å². The largest absolute Gasteiger partial charge is 0.496 e. The van der Waals surface area contributed by atoms with Crippen molar-refractivity contribution in [3.8, 4) is 5.75 Å². The summed E-state index contributed by atoms with van der Waals surface area (Å²) in [4.78, 5) is 2.44. The van der Waals surface area contributed by atoms with Crippen molar-refractivity contribution in [3.05, 3.63) is 29.8 Å². The molecule has 1 heterocycles. The van der Waals surface area contributed by atoms with Gasteiger partial charge in [0.15, 0.2) is 0 Å². The number of ether oxygens (including phenoxy) is 1. The van der Waals surface area contributed by atoms with Gasteiger partial charge in [0.2, 0.25) is 0 Å². The van der Waals surface area contributed by atoms with Gasteiger partial charge in [0.25, 0.3) is 0 Å². The van der Waals surface area contributed by atoms with Crippen LogP contribution in [0.3, 0.4) is 0 Å². The predicted octanol–water partition coefficient (Wildman–Crippen LogP) is 1.84. The summed E-state index contributed by atoms with van der Waals surface area (Å²) in [6.45, 7) is 1.85. The van der Waals surface area contributed by atoms with Gasteiger partial charge in [0.1, 0.15) is 5.75 Å². The van der Waals surface area contributed by atoms with E-state index in [0.29, 0.717) is 6.42 Å². The molecule has 1 saturated carbocycles. The highest BCUT2D eigenvalue weighted by atomic mass is 16.5. The molecule has 0 bridgehead atoms. The maximum atomic E-state index is 10.7. The van der Waals surface area contributed by atoms with Gasteiger partial charge in [-0.2, -0.15) is 0 Å². The van der Waals surface area contributed by atoms with E-state index >= 15 is 0 Å². The summed E-state index contributed by atoms with van der Waals surface area (Å²) >= 11 is 0. The maximum Gasteiger partial charge on any atom is 0.122 e. The van der Waals surface area contributed by atoms with Crippen molar-refractivity contribution < 1.29 is 9.84 Å². The number of β-amino-alcohol motifs (C(OH)–C–C–N with tert-alkyl or cyclic N) is 1. The highest BCUT2D eigenvalue weighted by Crippen LogP contribution is 2.35. The molecule has 3 nitrogen and oxygen atoms in total. The molecule has 1 saturated heterocycles. The Hall–Kier alpha value is -1.06. The fraction of sp³-hybridized carbons (Fsp3) is 0.600. The van der Waals surface area contributed by atoms with Crippen LogP contribution in [0, 0.1) is 0 Å². The smallest absolute Gasteiger partial charge is 0.122 e. The molecule has 18 heavy (non-hydrogen) atoms. The van der Waals surface area contributed by atoms with Gasteiger partial charge in [-0.25, -0.2) is 0 Å². The minimum Gasteiger partial charge on any atom is -0.496 e. The molecular formula is C15H21NO2. The molecule has 1 atom stereocenters. The van der Waals surface area contributed by atoms with Crippen molar-refractivity contribution in [1.82, 2.24) is 4.90 Å². The summed E-state index contributed by atoms with van der Waals surface area (Å²) < 4.78 is 5.36. The predicted molar refractivity (Wildman–Crippen MR) is 70.9 cm³/mol. The van der Waals surface area contributed by atoms with Crippen LogP contribution in [0.1, 0.15) is 24.8 Å². The molecule has 1 aromatic rings. The van der Waals surface area contributed by atoms with Gasteiger partial charge < -0.3 is 9.84 Å². The first-order valence-corrected chi connectivity index (χ1v) is 6.78. The summed E-state index contributed by atoms with van der Waals surface area (Å²) in [6, 6.07) is 8.74. The topological polar surface area (TPSA) is 32.7 Å². The highest BCUT2D eigenvalue weighted by Gasteiger charge is 2.42. The quantitative estimate of drug-likeness (QED) is 0.881.